The lowest BCUT2D eigenvalue weighted by molar-refractivity contribution is 0.367. The van der Waals surface area contributed by atoms with Crippen molar-refractivity contribution >= 4 is 11.6 Å². The Balaban J connectivity index is 2.37. The van der Waals surface area contributed by atoms with Gasteiger partial charge < -0.3 is 15.5 Å². The van der Waals surface area contributed by atoms with Crippen molar-refractivity contribution in [1.82, 2.24) is 14.9 Å². The fourth-order valence-corrected chi connectivity index (χ4v) is 1.12. The Bertz CT molecular complexity index is 289. The lowest BCUT2D eigenvalue weighted by Gasteiger charge is -2.14. The molecule has 0 aliphatic heterocycles. The summed E-state index contributed by atoms with van der Waals surface area (Å²) in [6, 6.07) is 1.89. The Morgan fingerprint density at radius 3 is 2.73 bits per heavy atom. The SMILES string of the molecule is CCN(C)CCNc1cc(NC)ncn1. The Morgan fingerprint density at radius 2 is 2.07 bits per heavy atom. The molecule has 0 aliphatic rings. The quantitative estimate of drug-likeness (QED) is 0.728. The summed E-state index contributed by atoms with van der Waals surface area (Å²) in [7, 11) is 3.94. The van der Waals surface area contributed by atoms with Crippen LogP contribution in [0.25, 0.3) is 0 Å². The fraction of sp³-hybridized carbons (Fsp3) is 0.600. The number of rotatable bonds is 6. The van der Waals surface area contributed by atoms with Gasteiger partial charge >= 0.3 is 0 Å². The molecule has 0 fully saturated rings. The molecule has 0 spiro atoms. The van der Waals surface area contributed by atoms with E-state index in [0.717, 1.165) is 31.3 Å². The van der Waals surface area contributed by atoms with Crippen molar-refractivity contribution in [1.29, 1.82) is 0 Å². The molecule has 0 aromatic carbocycles. The van der Waals surface area contributed by atoms with Crippen LogP contribution in [0.3, 0.4) is 0 Å². The van der Waals surface area contributed by atoms with Gasteiger partial charge in [-0.1, -0.05) is 6.92 Å². The lowest BCUT2D eigenvalue weighted by atomic mass is 10.5. The molecule has 0 amide bonds. The molecule has 1 aromatic heterocycles. The van der Waals surface area contributed by atoms with Crippen molar-refractivity contribution in [3.8, 4) is 0 Å². The first-order valence-electron chi connectivity index (χ1n) is 5.18. The molecule has 0 saturated heterocycles. The van der Waals surface area contributed by atoms with Crippen molar-refractivity contribution in [3.05, 3.63) is 12.4 Å². The highest BCUT2D eigenvalue weighted by Gasteiger charge is 1.97. The molecule has 0 saturated carbocycles. The smallest absolute Gasteiger partial charge is 0.131 e. The molecular formula is C10H19N5. The van der Waals surface area contributed by atoms with E-state index in [1.807, 2.05) is 13.1 Å². The topological polar surface area (TPSA) is 53.1 Å². The highest BCUT2D eigenvalue weighted by Crippen LogP contribution is 2.06. The van der Waals surface area contributed by atoms with Gasteiger partial charge in [-0.2, -0.15) is 0 Å². The largest absolute Gasteiger partial charge is 0.373 e. The zero-order valence-electron chi connectivity index (χ0n) is 9.62. The van der Waals surface area contributed by atoms with Gasteiger partial charge in [-0.05, 0) is 13.6 Å². The molecular weight excluding hydrogens is 190 g/mol. The zero-order chi connectivity index (χ0) is 11.1. The third-order valence-corrected chi connectivity index (χ3v) is 2.26. The van der Waals surface area contributed by atoms with Gasteiger partial charge in [-0.3, -0.25) is 0 Å². The number of aromatic nitrogens is 2. The maximum Gasteiger partial charge on any atom is 0.131 e. The van der Waals surface area contributed by atoms with Crippen LogP contribution in [0.4, 0.5) is 11.6 Å². The van der Waals surface area contributed by atoms with Crippen LogP contribution in [0.1, 0.15) is 6.92 Å². The van der Waals surface area contributed by atoms with E-state index in [2.05, 4.69) is 39.5 Å². The second kappa shape index (κ2) is 6.19. The lowest BCUT2D eigenvalue weighted by Crippen LogP contribution is -2.24. The maximum absolute atomic E-state index is 4.13. The fourth-order valence-electron chi connectivity index (χ4n) is 1.12. The molecule has 0 bridgehead atoms. The standard InChI is InChI=1S/C10H19N5/c1-4-15(3)6-5-12-10-7-9(11-2)13-8-14-10/h7-8H,4-6H2,1-3H3,(H2,11,12,13,14). The highest BCUT2D eigenvalue weighted by atomic mass is 15.1. The number of nitrogens with zero attached hydrogens (tertiary/aromatic N) is 3. The zero-order valence-corrected chi connectivity index (χ0v) is 9.62. The summed E-state index contributed by atoms with van der Waals surface area (Å²) in [4.78, 5) is 10.4. The summed E-state index contributed by atoms with van der Waals surface area (Å²) in [6.07, 6.45) is 1.55. The van der Waals surface area contributed by atoms with Crippen LogP contribution in [0, 0.1) is 0 Å². The van der Waals surface area contributed by atoms with Crippen LogP contribution >= 0.6 is 0 Å². The molecule has 84 valence electrons. The Kier molecular flexibility index (Phi) is 4.83. The Hall–Kier alpha value is -1.36. The number of anilines is 2. The summed E-state index contributed by atoms with van der Waals surface area (Å²) in [5.74, 6) is 1.69. The van der Waals surface area contributed by atoms with E-state index < -0.39 is 0 Å². The number of hydrogen-bond donors (Lipinski definition) is 2. The molecule has 0 unspecified atom stereocenters. The summed E-state index contributed by atoms with van der Waals surface area (Å²) >= 11 is 0. The average molecular weight is 209 g/mol. The molecule has 0 atom stereocenters. The van der Waals surface area contributed by atoms with Gasteiger partial charge in [0.05, 0.1) is 0 Å². The molecule has 2 N–H and O–H groups in total. The van der Waals surface area contributed by atoms with Crippen LogP contribution in [-0.2, 0) is 0 Å². The van der Waals surface area contributed by atoms with Crippen LogP contribution in [0.5, 0.6) is 0 Å². The Labute approximate surface area is 90.9 Å². The van der Waals surface area contributed by atoms with E-state index >= 15 is 0 Å². The first-order chi connectivity index (χ1) is 7.26. The molecule has 1 rings (SSSR count). The normalized spacial score (nSPS) is 10.4. The third kappa shape index (κ3) is 4.12. The van der Waals surface area contributed by atoms with Crippen molar-refractivity contribution in [2.75, 3.05) is 44.4 Å². The van der Waals surface area contributed by atoms with E-state index in [4.69, 9.17) is 0 Å². The van der Waals surface area contributed by atoms with E-state index in [0.29, 0.717) is 0 Å². The predicted octanol–water partition coefficient (Wildman–Crippen LogP) is 0.882. The molecule has 1 aromatic rings. The van der Waals surface area contributed by atoms with Crippen molar-refractivity contribution in [2.24, 2.45) is 0 Å². The van der Waals surface area contributed by atoms with E-state index in [1.165, 1.54) is 0 Å². The van der Waals surface area contributed by atoms with Crippen molar-refractivity contribution in [3.63, 3.8) is 0 Å². The van der Waals surface area contributed by atoms with Crippen LogP contribution in [0.15, 0.2) is 12.4 Å². The molecule has 15 heavy (non-hydrogen) atoms. The summed E-state index contributed by atoms with van der Waals surface area (Å²) in [6.45, 7) is 5.11. The minimum Gasteiger partial charge on any atom is -0.373 e. The summed E-state index contributed by atoms with van der Waals surface area (Å²) in [5, 5.41) is 6.23. The number of likely N-dealkylation sites (N-methyl/N-ethyl adjacent to an activating group) is 1. The van der Waals surface area contributed by atoms with E-state index in [1.54, 1.807) is 6.33 Å². The van der Waals surface area contributed by atoms with Gasteiger partial charge in [-0.15, -0.1) is 0 Å². The van der Waals surface area contributed by atoms with Gasteiger partial charge in [0.25, 0.3) is 0 Å². The molecule has 0 radical (unpaired) electrons. The van der Waals surface area contributed by atoms with Gasteiger partial charge in [0, 0.05) is 26.2 Å². The van der Waals surface area contributed by atoms with Gasteiger partial charge in [0.1, 0.15) is 18.0 Å². The molecule has 5 nitrogen and oxygen atoms in total. The first kappa shape index (κ1) is 11.7. The monoisotopic (exact) mass is 209 g/mol. The number of hydrogen-bond acceptors (Lipinski definition) is 5. The van der Waals surface area contributed by atoms with Crippen LogP contribution < -0.4 is 10.6 Å². The second-order valence-electron chi connectivity index (χ2n) is 3.36. The third-order valence-electron chi connectivity index (χ3n) is 2.26. The Morgan fingerprint density at radius 1 is 1.33 bits per heavy atom. The molecule has 5 heteroatoms. The summed E-state index contributed by atoms with van der Waals surface area (Å²) in [5.41, 5.74) is 0. The molecule has 1 heterocycles. The maximum atomic E-state index is 4.13. The van der Waals surface area contributed by atoms with Gasteiger partial charge in [-0.25, -0.2) is 9.97 Å². The van der Waals surface area contributed by atoms with Gasteiger partial charge in [0.2, 0.25) is 0 Å². The van der Waals surface area contributed by atoms with Crippen molar-refractivity contribution in [2.45, 2.75) is 6.92 Å². The minimum atomic E-state index is 0.830. The van der Waals surface area contributed by atoms with Crippen LogP contribution in [-0.4, -0.2) is 48.6 Å². The van der Waals surface area contributed by atoms with Crippen LogP contribution in [0.2, 0.25) is 0 Å². The molecule has 0 aliphatic carbocycles. The highest BCUT2D eigenvalue weighted by molar-refractivity contribution is 5.45. The second-order valence-corrected chi connectivity index (χ2v) is 3.36. The predicted molar refractivity (Wildman–Crippen MR) is 63.2 cm³/mol. The average Bonchev–Trinajstić information content (AvgIpc) is 2.29. The summed E-state index contributed by atoms with van der Waals surface area (Å²) < 4.78 is 0. The first-order valence-corrected chi connectivity index (χ1v) is 5.18. The number of nitrogens with one attached hydrogen (secondary N) is 2. The minimum absolute atomic E-state index is 0.830. The van der Waals surface area contributed by atoms with Gasteiger partial charge in [0.15, 0.2) is 0 Å². The van der Waals surface area contributed by atoms with Crippen molar-refractivity contribution < 1.29 is 0 Å². The van der Waals surface area contributed by atoms with E-state index in [-0.39, 0.29) is 0 Å². The van der Waals surface area contributed by atoms with E-state index in [9.17, 15) is 0 Å².